The fourth-order valence-corrected chi connectivity index (χ4v) is 1.80. The number of hydrogen-bond donors (Lipinski definition) is 1. The van der Waals surface area contributed by atoms with Crippen LogP contribution in [0.1, 0.15) is 15.9 Å². The molecule has 0 fully saturated rings. The SMILES string of the molecule is Cc1cc2nccc(C(=O)O)c2cc1Br. The molecule has 1 aromatic carbocycles. The molecule has 1 heterocycles. The van der Waals surface area contributed by atoms with E-state index in [-0.39, 0.29) is 5.56 Å². The molecule has 15 heavy (non-hydrogen) atoms. The third kappa shape index (κ3) is 1.72. The molecule has 76 valence electrons. The monoisotopic (exact) mass is 265 g/mol. The zero-order valence-corrected chi connectivity index (χ0v) is 9.58. The zero-order valence-electron chi connectivity index (χ0n) is 7.99. The Kier molecular flexibility index (Phi) is 2.44. The Labute approximate surface area is 94.9 Å². The fourth-order valence-electron chi connectivity index (χ4n) is 1.46. The summed E-state index contributed by atoms with van der Waals surface area (Å²) in [6.45, 7) is 1.94. The maximum Gasteiger partial charge on any atom is 0.336 e. The molecule has 0 radical (unpaired) electrons. The second kappa shape index (κ2) is 3.62. The summed E-state index contributed by atoms with van der Waals surface area (Å²) in [6.07, 6.45) is 1.51. The van der Waals surface area contributed by atoms with Crippen molar-refractivity contribution in [2.24, 2.45) is 0 Å². The fraction of sp³-hybridized carbons (Fsp3) is 0.0909. The predicted molar refractivity (Wildman–Crippen MR) is 61.1 cm³/mol. The van der Waals surface area contributed by atoms with Crippen LogP contribution in [-0.4, -0.2) is 16.1 Å². The molecule has 2 aromatic rings. The first-order valence-corrected chi connectivity index (χ1v) is 5.17. The molecule has 0 saturated carbocycles. The number of carboxylic acid groups (broad SMARTS) is 1. The predicted octanol–water partition coefficient (Wildman–Crippen LogP) is 3.00. The van der Waals surface area contributed by atoms with Gasteiger partial charge in [0.25, 0.3) is 0 Å². The van der Waals surface area contributed by atoms with Gasteiger partial charge in [-0.25, -0.2) is 4.79 Å². The number of nitrogens with zero attached hydrogens (tertiary/aromatic N) is 1. The van der Waals surface area contributed by atoms with Crippen LogP contribution in [0.15, 0.2) is 28.9 Å². The molecule has 0 saturated heterocycles. The molecule has 0 unspecified atom stereocenters. The van der Waals surface area contributed by atoms with Crippen molar-refractivity contribution in [2.75, 3.05) is 0 Å². The Hall–Kier alpha value is -1.42. The third-order valence-corrected chi connectivity index (χ3v) is 3.11. The topological polar surface area (TPSA) is 50.2 Å². The third-order valence-electron chi connectivity index (χ3n) is 2.25. The van der Waals surface area contributed by atoms with E-state index in [1.54, 1.807) is 6.07 Å². The largest absolute Gasteiger partial charge is 0.478 e. The Morgan fingerprint density at radius 3 is 2.87 bits per heavy atom. The summed E-state index contributed by atoms with van der Waals surface area (Å²) in [5.74, 6) is -0.932. The van der Waals surface area contributed by atoms with Crippen molar-refractivity contribution in [2.45, 2.75) is 6.92 Å². The van der Waals surface area contributed by atoms with E-state index in [9.17, 15) is 4.79 Å². The minimum atomic E-state index is -0.932. The van der Waals surface area contributed by atoms with Crippen LogP contribution in [0, 0.1) is 6.92 Å². The van der Waals surface area contributed by atoms with Crippen molar-refractivity contribution in [3.05, 3.63) is 40.0 Å². The molecule has 2 rings (SSSR count). The maximum atomic E-state index is 11.0. The Balaban J connectivity index is 2.86. The van der Waals surface area contributed by atoms with Gasteiger partial charge in [-0.15, -0.1) is 0 Å². The van der Waals surface area contributed by atoms with Crippen LogP contribution in [0.4, 0.5) is 0 Å². The van der Waals surface area contributed by atoms with E-state index >= 15 is 0 Å². The van der Waals surface area contributed by atoms with Gasteiger partial charge in [0.05, 0.1) is 11.1 Å². The molecule has 0 aliphatic heterocycles. The number of fused-ring (bicyclic) bond motifs is 1. The van der Waals surface area contributed by atoms with Crippen LogP contribution in [0.5, 0.6) is 0 Å². The van der Waals surface area contributed by atoms with Crippen LogP contribution in [0.2, 0.25) is 0 Å². The first-order chi connectivity index (χ1) is 7.09. The lowest BCUT2D eigenvalue weighted by molar-refractivity contribution is 0.0699. The highest BCUT2D eigenvalue weighted by molar-refractivity contribution is 9.10. The number of aromatic nitrogens is 1. The second-order valence-electron chi connectivity index (χ2n) is 3.28. The van der Waals surface area contributed by atoms with Crippen molar-refractivity contribution < 1.29 is 9.90 Å². The first-order valence-electron chi connectivity index (χ1n) is 4.38. The normalized spacial score (nSPS) is 10.5. The summed E-state index contributed by atoms with van der Waals surface area (Å²) in [7, 11) is 0. The van der Waals surface area contributed by atoms with Crippen molar-refractivity contribution in [1.29, 1.82) is 0 Å². The number of carbonyl (C=O) groups is 1. The number of hydrogen-bond acceptors (Lipinski definition) is 2. The van der Waals surface area contributed by atoms with E-state index < -0.39 is 5.97 Å². The van der Waals surface area contributed by atoms with Crippen molar-refractivity contribution in [3.63, 3.8) is 0 Å². The summed E-state index contributed by atoms with van der Waals surface area (Å²) < 4.78 is 0.894. The summed E-state index contributed by atoms with van der Waals surface area (Å²) in [6, 6.07) is 5.17. The molecule has 0 amide bonds. The maximum absolute atomic E-state index is 11.0. The lowest BCUT2D eigenvalue weighted by Gasteiger charge is -2.04. The average molecular weight is 266 g/mol. The highest BCUT2D eigenvalue weighted by Gasteiger charge is 2.09. The highest BCUT2D eigenvalue weighted by atomic mass is 79.9. The summed E-state index contributed by atoms with van der Waals surface area (Å²) >= 11 is 3.38. The van der Waals surface area contributed by atoms with Gasteiger partial charge in [-0.2, -0.15) is 0 Å². The quantitative estimate of drug-likeness (QED) is 0.863. The number of benzene rings is 1. The van der Waals surface area contributed by atoms with Gasteiger partial charge in [0.15, 0.2) is 0 Å². The van der Waals surface area contributed by atoms with Gasteiger partial charge in [0, 0.05) is 16.1 Å². The van der Waals surface area contributed by atoms with Gasteiger partial charge in [-0.3, -0.25) is 4.98 Å². The molecule has 0 bridgehead atoms. The van der Waals surface area contributed by atoms with Crippen LogP contribution < -0.4 is 0 Å². The Morgan fingerprint density at radius 1 is 1.47 bits per heavy atom. The minimum Gasteiger partial charge on any atom is -0.478 e. The number of carboxylic acids is 1. The van der Waals surface area contributed by atoms with Crippen molar-refractivity contribution in [1.82, 2.24) is 4.98 Å². The summed E-state index contributed by atoms with van der Waals surface area (Å²) in [4.78, 5) is 15.1. The van der Waals surface area contributed by atoms with Crippen molar-refractivity contribution >= 4 is 32.8 Å². The lowest BCUT2D eigenvalue weighted by atomic mass is 10.1. The molecule has 4 heteroatoms. The van der Waals surface area contributed by atoms with Gasteiger partial charge in [0.2, 0.25) is 0 Å². The molecular weight excluding hydrogens is 258 g/mol. The van der Waals surface area contributed by atoms with E-state index in [1.165, 1.54) is 12.3 Å². The molecular formula is C11H8BrNO2. The Bertz CT molecular complexity index is 552. The van der Waals surface area contributed by atoms with E-state index in [4.69, 9.17) is 5.11 Å². The van der Waals surface area contributed by atoms with Crippen LogP contribution in [-0.2, 0) is 0 Å². The second-order valence-corrected chi connectivity index (χ2v) is 4.14. The zero-order chi connectivity index (χ0) is 11.0. The van der Waals surface area contributed by atoms with E-state index in [2.05, 4.69) is 20.9 Å². The lowest BCUT2D eigenvalue weighted by Crippen LogP contribution is -1.98. The number of halogens is 1. The molecule has 0 aliphatic carbocycles. The molecule has 1 N–H and O–H groups in total. The van der Waals surface area contributed by atoms with Crippen molar-refractivity contribution in [3.8, 4) is 0 Å². The summed E-state index contributed by atoms with van der Waals surface area (Å²) in [5, 5.41) is 9.66. The Morgan fingerprint density at radius 2 is 2.20 bits per heavy atom. The van der Waals surface area contributed by atoms with Gasteiger partial charge < -0.3 is 5.11 Å². The smallest absolute Gasteiger partial charge is 0.336 e. The minimum absolute atomic E-state index is 0.278. The molecule has 1 aromatic heterocycles. The molecule has 0 spiro atoms. The highest BCUT2D eigenvalue weighted by Crippen LogP contribution is 2.24. The van der Waals surface area contributed by atoms with E-state index in [0.29, 0.717) is 10.9 Å². The average Bonchev–Trinajstić information content (AvgIpc) is 2.18. The number of pyridine rings is 1. The van der Waals surface area contributed by atoms with Crippen LogP contribution >= 0.6 is 15.9 Å². The van der Waals surface area contributed by atoms with Gasteiger partial charge in [-0.05, 0) is 30.7 Å². The van der Waals surface area contributed by atoms with Gasteiger partial charge >= 0.3 is 5.97 Å². The number of aryl methyl sites for hydroxylation is 1. The number of aromatic carboxylic acids is 1. The van der Waals surface area contributed by atoms with Crippen LogP contribution in [0.3, 0.4) is 0 Å². The standard InChI is InChI=1S/C11H8BrNO2/c1-6-4-10-8(5-9(6)12)7(11(14)15)2-3-13-10/h2-5H,1H3,(H,14,15). The molecule has 0 atom stereocenters. The first kappa shape index (κ1) is 10.1. The molecule has 3 nitrogen and oxygen atoms in total. The van der Waals surface area contributed by atoms with Gasteiger partial charge in [-0.1, -0.05) is 15.9 Å². The van der Waals surface area contributed by atoms with Crippen LogP contribution in [0.25, 0.3) is 10.9 Å². The summed E-state index contributed by atoms with van der Waals surface area (Å²) in [5.41, 5.74) is 2.02. The van der Waals surface area contributed by atoms with E-state index in [1.807, 2.05) is 13.0 Å². The van der Waals surface area contributed by atoms with Gasteiger partial charge in [0.1, 0.15) is 0 Å². The van der Waals surface area contributed by atoms with E-state index in [0.717, 1.165) is 10.0 Å². The molecule has 0 aliphatic rings. The number of rotatable bonds is 1.